The third kappa shape index (κ3) is 12.6. The van der Waals surface area contributed by atoms with Crippen molar-refractivity contribution < 1.29 is 85.1 Å². The van der Waals surface area contributed by atoms with Gasteiger partial charge in [0.05, 0.1) is 50.7 Å². The number of thiazole rings is 4. The largest absolute Gasteiger partial charge is 1.00 e. The van der Waals surface area contributed by atoms with Gasteiger partial charge in [0.2, 0.25) is 11.9 Å². The number of para-hydroxylation sites is 4. The van der Waals surface area contributed by atoms with E-state index >= 15 is 0 Å². The third-order valence-corrected chi connectivity index (χ3v) is 16.7. The summed E-state index contributed by atoms with van der Waals surface area (Å²) in [5, 5.41) is 21.2. The van der Waals surface area contributed by atoms with Crippen molar-refractivity contribution in [1.29, 1.82) is 0 Å². The second kappa shape index (κ2) is 23.0. The molecule has 0 saturated carbocycles. The number of aromatic nitrogens is 8. The molecule has 376 valence electrons. The van der Waals surface area contributed by atoms with Crippen LogP contribution in [0.25, 0.3) is 53.0 Å². The Labute approximate surface area is 503 Å². The number of nitrogens with one attached hydrogen (secondary N) is 6. The minimum Gasteiger partial charge on any atom is -0.744 e. The van der Waals surface area contributed by atoms with E-state index in [0.717, 1.165) is 53.0 Å². The van der Waals surface area contributed by atoms with Crippen LogP contribution < -0.4 is 91.0 Å². The van der Waals surface area contributed by atoms with Crippen molar-refractivity contribution in [3.63, 3.8) is 0 Å². The molecular weight excluding hydrogens is 1130 g/mol. The average Bonchev–Trinajstić information content (AvgIpc) is 4.28. The normalized spacial score (nSPS) is 11.7. The van der Waals surface area contributed by atoms with Crippen LogP contribution in [0.1, 0.15) is 11.1 Å². The smallest absolute Gasteiger partial charge is 0.744 e. The van der Waals surface area contributed by atoms with Crippen LogP contribution in [0.3, 0.4) is 0 Å². The first-order chi connectivity index (χ1) is 36.8. The fraction of sp³-hybridized carbons (Fsp3) is 0. The van der Waals surface area contributed by atoms with Crippen molar-refractivity contribution in [1.82, 2.24) is 39.9 Å². The number of fused-ring (bicyclic) bond motifs is 4. The maximum absolute atomic E-state index is 12.9. The average molecular weight is 1160 g/mol. The Morgan fingerprint density at radius 1 is 0.359 bits per heavy atom. The summed E-state index contributed by atoms with van der Waals surface area (Å²) in [6.07, 6.45) is 2.45. The van der Waals surface area contributed by atoms with Crippen LogP contribution in [0, 0.1) is 0 Å². The zero-order valence-corrected chi connectivity index (χ0v) is 49.4. The van der Waals surface area contributed by atoms with E-state index in [4.69, 9.17) is 0 Å². The first-order valence-electron chi connectivity index (χ1n) is 22.5. The van der Waals surface area contributed by atoms with E-state index in [2.05, 4.69) is 71.8 Å². The van der Waals surface area contributed by atoms with Gasteiger partial charge in [0, 0.05) is 23.5 Å². The van der Waals surface area contributed by atoms with Gasteiger partial charge in [-0.3, -0.25) is 0 Å². The molecule has 12 aromatic rings. The second-order valence-electron chi connectivity index (χ2n) is 16.4. The molecule has 0 aliphatic rings. The zero-order chi connectivity index (χ0) is 52.0. The van der Waals surface area contributed by atoms with Crippen LogP contribution in [0.15, 0.2) is 155 Å². The maximum atomic E-state index is 12.9. The second-order valence-corrected chi connectivity index (χ2v) is 23.2. The van der Waals surface area contributed by atoms with Gasteiger partial charge in [-0.15, -0.1) is 0 Å². The van der Waals surface area contributed by atoms with Crippen LogP contribution >= 0.6 is 45.3 Å². The van der Waals surface area contributed by atoms with E-state index in [9.17, 15) is 25.9 Å². The number of hydrogen-bond acceptors (Lipinski definition) is 24. The van der Waals surface area contributed by atoms with E-state index in [0.29, 0.717) is 43.8 Å². The fourth-order valence-electron chi connectivity index (χ4n) is 7.77. The molecule has 0 aliphatic carbocycles. The molecule has 0 spiro atoms. The zero-order valence-electron chi connectivity index (χ0n) is 40.5. The van der Waals surface area contributed by atoms with Gasteiger partial charge in [0.15, 0.2) is 20.5 Å². The van der Waals surface area contributed by atoms with E-state index in [-0.39, 0.29) is 93.5 Å². The van der Waals surface area contributed by atoms with Gasteiger partial charge in [-0.05, 0) is 83.9 Å². The molecule has 6 heterocycles. The molecule has 0 saturated heterocycles. The number of nitrogens with zero attached hydrogens (tertiary/aromatic N) is 8. The maximum Gasteiger partial charge on any atom is 1.00 e. The SMILES string of the molecule is O=S(=O)([O-])c1cc(Nc2nc(Nc3nc4ccccc4s3)cc(Nc3nc4ccccc4s3)n2)ccc1C=Cc1ccc(Nc2nc(Nc3nc4ccccc4s3)cc(Nc3nc4ccccc4s3)n2)cc1S(=O)(=O)[O-].[Na+].[Na+]. The number of hydrogen-bond donors (Lipinski definition) is 6. The molecule has 6 aromatic heterocycles. The Morgan fingerprint density at radius 2 is 0.641 bits per heavy atom. The summed E-state index contributed by atoms with van der Waals surface area (Å²) in [4.78, 5) is 35.8. The first kappa shape index (κ1) is 54.7. The monoisotopic (exact) mass is 1160 g/mol. The van der Waals surface area contributed by atoms with E-state index in [1.54, 1.807) is 12.1 Å². The van der Waals surface area contributed by atoms with Crippen LogP contribution in [-0.4, -0.2) is 65.8 Å². The molecule has 12 rings (SSSR count). The Morgan fingerprint density at radius 3 is 0.910 bits per heavy atom. The summed E-state index contributed by atoms with van der Waals surface area (Å²) in [5.74, 6) is 1.39. The summed E-state index contributed by atoms with van der Waals surface area (Å²) in [6, 6.07) is 41.8. The van der Waals surface area contributed by atoms with Gasteiger partial charge in [0.1, 0.15) is 43.5 Å². The molecule has 0 unspecified atom stereocenters. The van der Waals surface area contributed by atoms with Crippen LogP contribution in [0.5, 0.6) is 0 Å². The molecule has 0 atom stereocenters. The van der Waals surface area contributed by atoms with Gasteiger partial charge in [0.25, 0.3) is 0 Å². The summed E-state index contributed by atoms with van der Waals surface area (Å²) in [6.45, 7) is 0. The summed E-state index contributed by atoms with van der Waals surface area (Å²) < 4.78 is 80.9. The van der Waals surface area contributed by atoms with E-state index in [1.807, 2.05) is 97.1 Å². The number of anilines is 12. The molecule has 6 N–H and O–H groups in total. The van der Waals surface area contributed by atoms with Crippen molar-refractivity contribution in [2.75, 3.05) is 31.9 Å². The Kier molecular flexibility index (Phi) is 16.1. The molecule has 78 heavy (non-hydrogen) atoms. The standard InChI is InChI=1S/C50H34N14O6S6.2Na/c65-75(66,67)39-23-29(51-45-57-41(61-47-53-31-9-1-5-13-35(31)71-47)25-42(58-45)62-48-54-32-10-2-6-14-36(32)72-48)21-19-27(39)17-18-28-20-22-30(24-40(28)76(68,69)70)52-46-59-43(63-49-55-33-11-3-7-15-37(33)73-49)26-44(60-46)64-50-56-34-12-4-8-16-38(34)74-50;;/h1-26H,(H,65,66,67)(H,68,69,70)(H3,51,53,54,57,58,61,62)(H3,52,55,56,59,60,63,64);;/q;2*+1/p-2. The van der Waals surface area contributed by atoms with Crippen molar-refractivity contribution in [3.05, 3.63) is 157 Å². The molecule has 20 nitrogen and oxygen atoms in total. The molecule has 0 aliphatic heterocycles. The molecule has 0 bridgehead atoms. The Hall–Kier alpha value is -6.60. The van der Waals surface area contributed by atoms with Crippen LogP contribution in [0.4, 0.5) is 67.1 Å². The molecule has 0 amide bonds. The van der Waals surface area contributed by atoms with Gasteiger partial charge >= 0.3 is 59.1 Å². The van der Waals surface area contributed by atoms with E-state index in [1.165, 1.54) is 81.8 Å². The molecule has 0 radical (unpaired) electrons. The first-order valence-corrected chi connectivity index (χ1v) is 28.6. The van der Waals surface area contributed by atoms with Crippen molar-refractivity contribution in [2.45, 2.75) is 9.79 Å². The quantitative estimate of drug-likeness (QED) is 0.0359. The topological polar surface area (TPSA) is 290 Å². The minimum atomic E-state index is -5.16. The number of benzene rings is 6. The predicted octanol–water partition coefficient (Wildman–Crippen LogP) is 6.15. The number of rotatable bonds is 16. The third-order valence-electron chi connectivity index (χ3n) is 11.1. The predicted molar refractivity (Wildman–Crippen MR) is 300 cm³/mol. The van der Waals surface area contributed by atoms with Gasteiger partial charge in [-0.1, -0.05) is 118 Å². The Balaban J connectivity index is 0.00000344. The van der Waals surface area contributed by atoms with Crippen LogP contribution in [-0.2, 0) is 20.2 Å². The van der Waals surface area contributed by atoms with Crippen molar-refractivity contribution >= 4 is 186 Å². The van der Waals surface area contributed by atoms with Crippen molar-refractivity contribution in [2.24, 2.45) is 0 Å². The van der Waals surface area contributed by atoms with Gasteiger partial charge < -0.3 is 41.0 Å². The summed E-state index contributed by atoms with van der Waals surface area (Å²) in [5.41, 5.74) is 3.25. The summed E-state index contributed by atoms with van der Waals surface area (Å²) >= 11 is 5.68. The van der Waals surface area contributed by atoms with Crippen LogP contribution in [0.2, 0.25) is 0 Å². The fourth-order valence-corrected chi connectivity index (χ4v) is 12.7. The van der Waals surface area contributed by atoms with Crippen molar-refractivity contribution in [3.8, 4) is 0 Å². The molecule has 0 fully saturated rings. The Bertz CT molecular complexity index is 3900. The molecular formula is C50H32N14Na2O6S6. The minimum absolute atomic E-state index is 0. The van der Waals surface area contributed by atoms with E-state index < -0.39 is 30.0 Å². The summed E-state index contributed by atoms with van der Waals surface area (Å²) in [7, 11) is -10.3. The molecule has 28 heteroatoms. The van der Waals surface area contributed by atoms with Gasteiger partial charge in [-0.2, -0.15) is 19.9 Å². The molecule has 6 aromatic carbocycles. The van der Waals surface area contributed by atoms with Gasteiger partial charge in [-0.25, -0.2) is 36.8 Å².